The minimum absolute atomic E-state index is 0.0707. The van der Waals surface area contributed by atoms with Crippen molar-refractivity contribution in [2.24, 2.45) is 0 Å². The third-order valence-corrected chi connectivity index (χ3v) is 6.01. The number of aryl methyl sites for hydroxylation is 2. The molecule has 6 rings (SSSR count). The van der Waals surface area contributed by atoms with Crippen molar-refractivity contribution in [1.29, 1.82) is 0 Å². The van der Waals surface area contributed by atoms with Gasteiger partial charge in [0.15, 0.2) is 0 Å². The Kier molecular flexibility index (Phi) is 4.74. The molecule has 2 aromatic heterocycles. The number of nitrogens with zero attached hydrogens (tertiary/aromatic N) is 6. The zero-order valence-electron chi connectivity index (χ0n) is 19.2. The largest absolute Gasteiger partial charge is 0.505 e. The molecule has 0 aliphatic heterocycles. The molecule has 0 amide bonds. The third-order valence-electron chi connectivity index (χ3n) is 6.01. The Bertz CT molecular complexity index is 1540. The van der Waals surface area contributed by atoms with Crippen LogP contribution in [-0.2, 0) is 6.42 Å². The Labute approximate surface area is 200 Å². The van der Waals surface area contributed by atoms with Crippen molar-refractivity contribution in [3.05, 3.63) is 95.1 Å². The van der Waals surface area contributed by atoms with Gasteiger partial charge in [0.1, 0.15) is 44.9 Å². The Balaban J connectivity index is 1.43. The van der Waals surface area contributed by atoms with Crippen LogP contribution in [0.25, 0.3) is 33.4 Å². The summed E-state index contributed by atoms with van der Waals surface area (Å²) in [5.74, 6) is 0.141. The first kappa shape index (κ1) is 20.9. The molecule has 0 bridgehead atoms. The molecule has 0 fully saturated rings. The molecule has 172 valence electrons. The number of benzene rings is 4. The van der Waals surface area contributed by atoms with Crippen LogP contribution < -0.4 is 0 Å². The van der Waals surface area contributed by atoms with E-state index in [2.05, 4.69) is 20.4 Å². The molecule has 2 N–H and O–H groups in total. The number of hydrogen-bond acceptors (Lipinski definition) is 6. The molecule has 0 aliphatic rings. The molecule has 0 saturated heterocycles. The molecule has 0 aliphatic carbocycles. The van der Waals surface area contributed by atoms with Crippen LogP contribution in [-0.4, -0.2) is 40.2 Å². The van der Waals surface area contributed by atoms with Crippen LogP contribution in [0.5, 0.6) is 11.5 Å². The second-order valence-corrected chi connectivity index (χ2v) is 8.72. The predicted molar refractivity (Wildman–Crippen MR) is 133 cm³/mol. The summed E-state index contributed by atoms with van der Waals surface area (Å²) in [5, 5.41) is 40.4. The number of phenolic OH excluding ortho intramolecular Hbond substituents is 2. The Morgan fingerprint density at radius 3 is 1.26 bits per heavy atom. The topological polar surface area (TPSA) is 102 Å². The monoisotopic (exact) mass is 462 g/mol. The maximum atomic E-state index is 11.2. The van der Waals surface area contributed by atoms with E-state index < -0.39 is 0 Å². The molecule has 0 spiro atoms. The summed E-state index contributed by atoms with van der Waals surface area (Å²) in [5.41, 5.74) is 7.17. The number of hydrogen-bond donors (Lipinski definition) is 2. The molecule has 2 heterocycles. The molecule has 8 nitrogen and oxygen atoms in total. The number of fused-ring (bicyclic) bond motifs is 2. The van der Waals surface area contributed by atoms with Gasteiger partial charge in [-0.2, -0.15) is 0 Å². The highest BCUT2D eigenvalue weighted by Crippen LogP contribution is 2.34. The second kappa shape index (κ2) is 7.95. The van der Waals surface area contributed by atoms with Crippen molar-refractivity contribution in [1.82, 2.24) is 30.0 Å². The smallest absolute Gasteiger partial charge is 0.146 e. The quantitative estimate of drug-likeness (QED) is 0.391. The lowest BCUT2D eigenvalue weighted by Crippen LogP contribution is -2.04. The van der Waals surface area contributed by atoms with Crippen molar-refractivity contribution >= 4 is 22.1 Å². The van der Waals surface area contributed by atoms with Crippen LogP contribution in [0.3, 0.4) is 0 Å². The van der Waals surface area contributed by atoms with E-state index in [1.807, 2.05) is 86.6 Å². The van der Waals surface area contributed by atoms with Crippen LogP contribution in [0.15, 0.2) is 72.8 Å². The summed E-state index contributed by atoms with van der Waals surface area (Å²) in [6.07, 6.45) is 0.308. The van der Waals surface area contributed by atoms with Gasteiger partial charge in [-0.25, -0.2) is 0 Å². The highest BCUT2D eigenvalue weighted by molar-refractivity contribution is 5.74. The predicted octanol–water partition coefficient (Wildman–Crippen LogP) is 4.77. The summed E-state index contributed by atoms with van der Waals surface area (Å²) >= 11 is 0. The van der Waals surface area contributed by atoms with Crippen molar-refractivity contribution in [3.8, 4) is 22.9 Å². The average molecular weight is 463 g/mol. The summed E-state index contributed by atoms with van der Waals surface area (Å²) in [6, 6.07) is 22.6. The standard InChI is InChI=1S/C27H22N6O2/c1-16-11-18(26(34)24(13-16)32-28-20-7-3-4-8-21(20)29-32)15-19-12-17(2)14-25(27(19)35)33-30-22-9-5-6-10-23(22)31-33/h3-14,34-35H,15H2,1-2H3. The van der Waals surface area contributed by atoms with E-state index in [0.717, 1.165) is 33.2 Å². The van der Waals surface area contributed by atoms with E-state index in [0.29, 0.717) is 28.9 Å². The van der Waals surface area contributed by atoms with E-state index in [9.17, 15) is 10.2 Å². The lowest BCUT2D eigenvalue weighted by atomic mass is 9.98. The first-order chi connectivity index (χ1) is 17.0. The molecule has 6 aromatic rings. The van der Waals surface area contributed by atoms with Gasteiger partial charge >= 0.3 is 0 Å². The molecule has 4 aromatic carbocycles. The van der Waals surface area contributed by atoms with Gasteiger partial charge in [0.05, 0.1) is 0 Å². The van der Waals surface area contributed by atoms with E-state index in [-0.39, 0.29) is 11.5 Å². The third kappa shape index (κ3) is 3.65. The fourth-order valence-electron chi connectivity index (χ4n) is 4.38. The van der Waals surface area contributed by atoms with Crippen molar-refractivity contribution in [2.75, 3.05) is 0 Å². The fourth-order valence-corrected chi connectivity index (χ4v) is 4.38. The Morgan fingerprint density at radius 2 is 0.914 bits per heavy atom. The molecule has 0 atom stereocenters. The summed E-state index contributed by atoms with van der Waals surface area (Å²) in [7, 11) is 0. The Hall–Kier alpha value is -4.72. The number of phenols is 2. The van der Waals surface area contributed by atoms with Crippen LogP contribution >= 0.6 is 0 Å². The van der Waals surface area contributed by atoms with Gasteiger partial charge in [-0.1, -0.05) is 36.4 Å². The molecular weight excluding hydrogens is 440 g/mol. The SMILES string of the molecule is Cc1cc(Cc2cc(C)cc(-n3nc4ccccc4n3)c2O)c(O)c(-n2nc3ccccc3n2)c1. The summed E-state index contributed by atoms with van der Waals surface area (Å²) < 4.78 is 0. The van der Waals surface area contributed by atoms with Crippen LogP contribution in [0.4, 0.5) is 0 Å². The van der Waals surface area contributed by atoms with Crippen molar-refractivity contribution in [3.63, 3.8) is 0 Å². The summed E-state index contributed by atoms with van der Waals surface area (Å²) in [6.45, 7) is 3.91. The minimum atomic E-state index is 0.0707. The van der Waals surface area contributed by atoms with E-state index in [4.69, 9.17) is 0 Å². The normalized spacial score (nSPS) is 11.5. The van der Waals surface area contributed by atoms with Crippen molar-refractivity contribution < 1.29 is 10.2 Å². The maximum Gasteiger partial charge on any atom is 0.146 e. The van der Waals surface area contributed by atoms with E-state index >= 15 is 0 Å². The van der Waals surface area contributed by atoms with Gasteiger partial charge in [0.25, 0.3) is 0 Å². The average Bonchev–Trinajstić information content (AvgIpc) is 3.47. The summed E-state index contributed by atoms with van der Waals surface area (Å²) in [4.78, 5) is 2.91. The highest BCUT2D eigenvalue weighted by atomic mass is 16.3. The first-order valence-corrected chi connectivity index (χ1v) is 11.3. The molecule has 0 radical (unpaired) electrons. The highest BCUT2D eigenvalue weighted by Gasteiger charge is 2.18. The minimum Gasteiger partial charge on any atom is -0.505 e. The van der Waals surface area contributed by atoms with Crippen molar-refractivity contribution in [2.45, 2.75) is 20.3 Å². The number of rotatable bonds is 4. The zero-order valence-corrected chi connectivity index (χ0v) is 19.2. The number of aromatic hydroxyl groups is 2. The molecular formula is C27H22N6O2. The lowest BCUT2D eigenvalue weighted by Gasteiger charge is -2.14. The molecule has 8 heteroatoms. The molecule has 0 saturated carbocycles. The van der Waals surface area contributed by atoms with Gasteiger partial charge < -0.3 is 10.2 Å². The lowest BCUT2D eigenvalue weighted by molar-refractivity contribution is 0.455. The maximum absolute atomic E-state index is 11.2. The van der Waals surface area contributed by atoms with Gasteiger partial charge in [-0.05, 0) is 61.4 Å². The van der Waals surface area contributed by atoms with Gasteiger partial charge in [-0.15, -0.1) is 30.0 Å². The van der Waals surface area contributed by atoms with Crippen LogP contribution in [0.1, 0.15) is 22.3 Å². The Morgan fingerprint density at radius 1 is 0.571 bits per heavy atom. The van der Waals surface area contributed by atoms with Crippen LogP contribution in [0, 0.1) is 13.8 Å². The van der Waals surface area contributed by atoms with Gasteiger partial charge in [0.2, 0.25) is 0 Å². The van der Waals surface area contributed by atoms with Crippen LogP contribution in [0.2, 0.25) is 0 Å². The zero-order chi connectivity index (χ0) is 24.1. The first-order valence-electron chi connectivity index (χ1n) is 11.3. The van der Waals surface area contributed by atoms with E-state index in [1.54, 1.807) is 0 Å². The fraction of sp³-hybridized carbons (Fsp3) is 0.111. The second-order valence-electron chi connectivity index (χ2n) is 8.72. The van der Waals surface area contributed by atoms with Gasteiger partial charge in [0, 0.05) is 17.5 Å². The van der Waals surface area contributed by atoms with E-state index in [1.165, 1.54) is 9.59 Å². The number of aromatic nitrogens is 6. The molecule has 0 unspecified atom stereocenters. The molecule has 35 heavy (non-hydrogen) atoms. The van der Waals surface area contributed by atoms with Gasteiger partial charge in [-0.3, -0.25) is 0 Å².